The number of hydrogen-bond acceptors (Lipinski definition) is 1. The lowest BCUT2D eigenvalue weighted by Crippen LogP contribution is -2.31. The van der Waals surface area contributed by atoms with E-state index in [0.717, 1.165) is 13.0 Å². The molecule has 3 heteroatoms. The molecule has 2 N–H and O–H groups in total. The second-order valence-corrected chi connectivity index (χ2v) is 12.6. The zero-order valence-electron chi connectivity index (χ0n) is 14.3. The molecule has 118 valence electrons. The van der Waals surface area contributed by atoms with E-state index in [4.69, 9.17) is 0 Å². The first-order valence-corrected chi connectivity index (χ1v) is 12.0. The third-order valence-electron chi connectivity index (χ3n) is 4.97. The molecule has 0 fully saturated rings. The van der Waals surface area contributed by atoms with Gasteiger partial charge in [0.2, 0.25) is 0 Å². The monoisotopic (exact) mass is 312 g/mol. The average Bonchev–Trinajstić information content (AvgIpc) is 2.86. The topological polar surface area (TPSA) is 27.8 Å². The largest absolute Gasteiger partial charge is 0.357 e. The van der Waals surface area contributed by atoms with Gasteiger partial charge >= 0.3 is 0 Å². The Morgan fingerprint density at radius 2 is 2.05 bits per heavy atom. The normalized spacial score (nSPS) is 19.5. The predicted molar refractivity (Wildman–Crippen MR) is 99.1 cm³/mol. The van der Waals surface area contributed by atoms with Gasteiger partial charge in [-0.1, -0.05) is 49.1 Å². The van der Waals surface area contributed by atoms with Gasteiger partial charge in [0.05, 0.1) is 8.07 Å². The van der Waals surface area contributed by atoms with Gasteiger partial charge in [0.15, 0.2) is 0 Å². The fraction of sp³-hybridized carbons (Fsp3) is 0.474. The zero-order chi connectivity index (χ0) is 15.7. The molecule has 0 aliphatic carbocycles. The Morgan fingerprint density at radius 3 is 2.77 bits per heavy atom. The average molecular weight is 313 g/mol. The summed E-state index contributed by atoms with van der Waals surface area (Å²) in [7, 11) is -1.17. The lowest BCUT2D eigenvalue weighted by Gasteiger charge is -2.27. The molecule has 1 aliphatic heterocycles. The van der Waals surface area contributed by atoms with E-state index in [1.54, 1.807) is 5.20 Å². The van der Waals surface area contributed by atoms with Crippen LogP contribution < -0.4 is 5.32 Å². The van der Waals surface area contributed by atoms with Gasteiger partial charge in [0.25, 0.3) is 0 Å². The molecule has 22 heavy (non-hydrogen) atoms. The lowest BCUT2D eigenvalue weighted by atomic mass is 9.96. The van der Waals surface area contributed by atoms with Crippen LogP contribution in [0, 0.1) is 0 Å². The molecule has 1 aliphatic rings. The Bertz CT molecular complexity index is 691. The standard InChI is InChI=1S/C19H28N2Si/c1-5-14(22(2,3)4)10-11-18-19-16(12-13-20-18)15-8-6-7-9-17(15)21-19/h5-9,18,20-21H,10-13H2,1-4H3/b14-5+/t18-/m1/s1. The fourth-order valence-corrected chi connectivity index (χ4v) is 5.52. The van der Waals surface area contributed by atoms with Crippen molar-refractivity contribution < 1.29 is 0 Å². The van der Waals surface area contributed by atoms with Gasteiger partial charge in [-0.15, -0.1) is 0 Å². The van der Waals surface area contributed by atoms with Crippen LogP contribution in [0.5, 0.6) is 0 Å². The minimum absolute atomic E-state index is 0.474. The second kappa shape index (κ2) is 6.05. The maximum atomic E-state index is 3.72. The van der Waals surface area contributed by atoms with E-state index in [-0.39, 0.29) is 0 Å². The quantitative estimate of drug-likeness (QED) is 0.767. The molecule has 1 atom stereocenters. The molecule has 0 saturated heterocycles. The van der Waals surface area contributed by atoms with Crippen molar-refractivity contribution >= 4 is 19.0 Å². The van der Waals surface area contributed by atoms with Crippen LogP contribution in [-0.2, 0) is 6.42 Å². The van der Waals surface area contributed by atoms with E-state index in [1.807, 2.05) is 0 Å². The molecular formula is C19H28N2Si. The first-order chi connectivity index (χ1) is 10.5. The molecule has 2 aromatic rings. The van der Waals surface area contributed by atoms with E-state index in [9.17, 15) is 0 Å². The van der Waals surface area contributed by atoms with Crippen LogP contribution in [0.1, 0.15) is 37.1 Å². The number of nitrogens with one attached hydrogen (secondary N) is 2. The third kappa shape index (κ3) is 2.92. The second-order valence-electron chi connectivity index (χ2n) is 7.42. The number of rotatable bonds is 4. The van der Waals surface area contributed by atoms with E-state index >= 15 is 0 Å². The summed E-state index contributed by atoms with van der Waals surface area (Å²) >= 11 is 0. The number of H-pyrrole nitrogens is 1. The predicted octanol–water partition coefficient (Wildman–Crippen LogP) is 4.96. The summed E-state index contributed by atoms with van der Waals surface area (Å²) in [5.74, 6) is 0. The van der Waals surface area contributed by atoms with Crippen molar-refractivity contribution in [2.75, 3.05) is 6.54 Å². The minimum atomic E-state index is -1.17. The third-order valence-corrected chi connectivity index (χ3v) is 7.44. The van der Waals surface area contributed by atoms with Crippen LogP contribution in [0.3, 0.4) is 0 Å². The Hall–Kier alpha value is -1.32. The first kappa shape index (κ1) is 15.6. The molecule has 0 spiro atoms. The van der Waals surface area contributed by atoms with Crippen LogP contribution in [0.15, 0.2) is 35.5 Å². The van der Waals surface area contributed by atoms with E-state index in [0.29, 0.717) is 6.04 Å². The van der Waals surface area contributed by atoms with E-state index in [2.05, 4.69) is 67.2 Å². The summed E-state index contributed by atoms with van der Waals surface area (Å²) in [6, 6.07) is 9.20. The number of benzene rings is 1. The highest BCUT2D eigenvalue weighted by Crippen LogP contribution is 2.33. The Morgan fingerprint density at radius 1 is 1.27 bits per heavy atom. The Labute approximate surface area is 135 Å². The Kier molecular flexibility index (Phi) is 4.28. The van der Waals surface area contributed by atoms with Crippen molar-refractivity contribution in [2.24, 2.45) is 0 Å². The highest BCUT2D eigenvalue weighted by atomic mass is 28.3. The number of allylic oxidation sites excluding steroid dienone is 2. The van der Waals surface area contributed by atoms with Crippen LogP contribution >= 0.6 is 0 Å². The van der Waals surface area contributed by atoms with Gasteiger partial charge < -0.3 is 10.3 Å². The maximum Gasteiger partial charge on any atom is 0.0720 e. The summed E-state index contributed by atoms with van der Waals surface area (Å²) < 4.78 is 0. The van der Waals surface area contributed by atoms with Crippen molar-refractivity contribution in [3.05, 3.63) is 46.8 Å². The zero-order valence-corrected chi connectivity index (χ0v) is 15.3. The van der Waals surface area contributed by atoms with Crippen LogP contribution in [0.2, 0.25) is 19.6 Å². The van der Waals surface area contributed by atoms with Gasteiger partial charge in [0.1, 0.15) is 0 Å². The molecule has 1 aromatic heterocycles. The molecule has 0 saturated carbocycles. The molecule has 0 unspecified atom stereocenters. The summed E-state index contributed by atoms with van der Waals surface area (Å²) in [4.78, 5) is 3.68. The molecule has 1 aromatic carbocycles. The molecule has 0 radical (unpaired) electrons. The first-order valence-electron chi connectivity index (χ1n) is 8.49. The number of aromatic nitrogens is 1. The summed E-state index contributed by atoms with van der Waals surface area (Å²) in [5.41, 5.74) is 4.26. The molecule has 3 rings (SSSR count). The van der Waals surface area contributed by atoms with Gasteiger partial charge in [-0.25, -0.2) is 0 Å². The van der Waals surface area contributed by atoms with Crippen LogP contribution in [0.4, 0.5) is 0 Å². The van der Waals surface area contributed by atoms with Crippen molar-refractivity contribution in [2.45, 2.75) is 51.9 Å². The SMILES string of the molecule is C/C=C(\CC[C@H]1NCCc2c1[nH]c1ccccc21)[Si](C)(C)C. The highest BCUT2D eigenvalue weighted by molar-refractivity contribution is 6.83. The number of para-hydroxylation sites is 1. The van der Waals surface area contributed by atoms with Gasteiger partial charge in [-0.3, -0.25) is 0 Å². The summed E-state index contributed by atoms with van der Waals surface area (Å²) in [6.07, 6.45) is 5.92. The number of hydrogen-bond donors (Lipinski definition) is 2. The van der Waals surface area contributed by atoms with E-state index < -0.39 is 8.07 Å². The molecule has 2 nitrogen and oxygen atoms in total. The maximum absolute atomic E-state index is 3.72. The minimum Gasteiger partial charge on any atom is -0.357 e. The van der Waals surface area contributed by atoms with Crippen molar-refractivity contribution in [1.82, 2.24) is 10.3 Å². The number of aromatic amines is 1. The van der Waals surface area contributed by atoms with Gasteiger partial charge in [0, 0.05) is 22.6 Å². The molecule has 0 bridgehead atoms. The van der Waals surface area contributed by atoms with Crippen molar-refractivity contribution in [3.8, 4) is 0 Å². The molecular weight excluding hydrogens is 284 g/mol. The smallest absolute Gasteiger partial charge is 0.0720 e. The van der Waals surface area contributed by atoms with Crippen molar-refractivity contribution in [1.29, 1.82) is 0 Å². The fourth-order valence-electron chi connectivity index (χ4n) is 3.76. The van der Waals surface area contributed by atoms with Crippen LogP contribution in [-0.4, -0.2) is 19.6 Å². The van der Waals surface area contributed by atoms with Crippen molar-refractivity contribution in [3.63, 3.8) is 0 Å². The molecule has 2 heterocycles. The number of fused-ring (bicyclic) bond motifs is 3. The van der Waals surface area contributed by atoms with E-state index in [1.165, 1.54) is 35.0 Å². The summed E-state index contributed by atoms with van der Waals surface area (Å²) in [6.45, 7) is 10.6. The lowest BCUT2D eigenvalue weighted by molar-refractivity contribution is 0.470. The highest BCUT2D eigenvalue weighted by Gasteiger charge is 2.25. The van der Waals surface area contributed by atoms with Gasteiger partial charge in [-0.05, 0) is 44.4 Å². The summed E-state index contributed by atoms with van der Waals surface area (Å²) in [5, 5.41) is 6.83. The van der Waals surface area contributed by atoms with Gasteiger partial charge in [-0.2, -0.15) is 0 Å². The Balaban J connectivity index is 1.83. The van der Waals surface area contributed by atoms with Crippen LogP contribution in [0.25, 0.3) is 10.9 Å². The molecule has 0 amide bonds.